The van der Waals surface area contributed by atoms with Gasteiger partial charge in [0.15, 0.2) is 0 Å². The van der Waals surface area contributed by atoms with Gasteiger partial charge in [-0.1, -0.05) is 39.2 Å². The highest BCUT2D eigenvalue weighted by molar-refractivity contribution is 5.93. The van der Waals surface area contributed by atoms with Gasteiger partial charge in [-0.15, -0.1) is 0 Å². The van der Waals surface area contributed by atoms with E-state index < -0.39 is 11.9 Å². The molecule has 0 aliphatic heterocycles. The lowest BCUT2D eigenvalue weighted by Crippen LogP contribution is -2.30. The highest BCUT2D eigenvalue weighted by Crippen LogP contribution is 2.49. The van der Waals surface area contributed by atoms with E-state index in [2.05, 4.69) is 13.8 Å². The molecular weight excluding hydrogens is 256 g/mol. The molecule has 0 saturated heterocycles. The van der Waals surface area contributed by atoms with Crippen LogP contribution in [0.2, 0.25) is 0 Å². The molecule has 0 aromatic rings. The lowest BCUT2D eigenvalue weighted by Gasteiger charge is -2.38. The van der Waals surface area contributed by atoms with Crippen LogP contribution in [0.3, 0.4) is 0 Å². The van der Waals surface area contributed by atoms with Crippen LogP contribution in [0.25, 0.3) is 0 Å². The Balaban J connectivity index is 3.28. The van der Waals surface area contributed by atoms with Crippen LogP contribution < -0.4 is 0 Å². The minimum atomic E-state index is -1.08. The van der Waals surface area contributed by atoms with E-state index in [-0.39, 0.29) is 17.4 Å². The molecule has 1 aliphatic rings. The third-order valence-corrected chi connectivity index (χ3v) is 4.98. The summed E-state index contributed by atoms with van der Waals surface area (Å²) >= 11 is 0. The van der Waals surface area contributed by atoms with E-state index in [9.17, 15) is 14.7 Å². The zero-order chi connectivity index (χ0) is 15.3. The van der Waals surface area contributed by atoms with E-state index in [0.717, 1.165) is 24.8 Å². The number of aliphatic carboxylic acids is 2. The van der Waals surface area contributed by atoms with Crippen molar-refractivity contribution in [2.45, 2.75) is 65.7 Å². The zero-order valence-electron chi connectivity index (χ0n) is 12.7. The van der Waals surface area contributed by atoms with Gasteiger partial charge in [-0.3, -0.25) is 4.79 Å². The monoisotopic (exact) mass is 282 g/mol. The molecule has 0 bridgehead atoms. The number of hydrogen-bond acceptors (Lipinski definition) is 2. The quantitative estimate of drug-likeness (QED) is 0.695. The molecule has 0 aromatic carbocycles. The molecule has 1 rings (SSSR count). The Morgan fingerprint density at radius 3 is 2.05 bits per heavy atom. The van der Waals surface area contributed by atoms with Crippen molar-refractivity contribution in [2.75, 3.05) is 0 Å². The maximum atomic E-state index is 11.5. The Bertz CT molecular complexity index is 405. The van der Waals surface area contributed by atoms with Crippen molar-refractivity contribution in [1.29, 1.82) is 0 Å². The molecule has 0 spiro atoms. The number of carboxylic acid groups (broad SMARTS) is 2. The van der Waals surface area contributed by atoms with Gasteiger partial charge in [0.2, 0.25) is 0 Å². The fourth-order valence-corrected chi connectivity index (χ4v) is 3.74. The van der Waals surface area contributed by atoms with E-state index in [1.165, 1.54) is 12.8 Å². The molecule has 0 amide bonds. The van der Waals surface area contributed by atoms with Crippen LogP contribution in [0.4, 0.5) is 0 Å². The summed E-state index contributed by atoms with van der Waals surface area (Å²) in [6, 6.07) is 0. The van der Waals surface area contributed by atoms with Crippen LogP contribution in [0, 0.1) is 11.3 Å². The Hall–Kier alpha value is -1.32. The summed E-state index contributed by atoms with van der Waals surface area (Å²) in [5.41, 5.74) is 0.743. The predicted octanol–water partition coefficient (Wildman–Crippen LogP) is 3.86. The smallest absolute Gasteiger partial charge is 0.332 e. The summed E-state index contributed by atoms with van der Waals surface area (Å²) < 4.78 is 0. The van der Waals surface area contributed by atoms with Crippen molar-refractivity contribution in [3.8, 4) is 0 Å². The Kier molecular flexibility index (Phi) is 5.78. The molecule has 2 N–H and O–H groups in total. The third-order valence-electron chi connectivity index (χ3n) is 4.98. The van der Waals surface area contributed by atoms with E-state index in [4.69, 9.17) is 5.11 Å². The summed E-state index contributed by atoms with van der Waals surface area (Å²) in [4.78, 5) is 22.5. The first kappa shape index (κ1) is 16.7. The molecule has 0 heterocycles. The van der Waals surface area contributed by atoms with Gasteiger partial charge < -0.3 is 10.2 Å². The second kappa shape index (κ2) is 6.91. The van der Waals surface area contributed by atoms with E-state index >= 15 is 0 Å². The highest BCUT2D eigenvalue weighted by atomic mass is 16.4. The minimum Gasteiger partial charge on any atom is -0.481 e. The Morgan fingerprint density at radius 1 is 1.15 bits per heavy atom. The van der Waals surface area contributed by atoms with Crippen molar-refractivity contribution in [3.05, 3.63) is 11.1 Å². The lowest BCUT2D eigenvalue weighted by molar-refractivity contribution is -0.139. The molecule has 0 radical (unpaired) electrons. The number of rotatable bonds is 7. The molecule has 1 atom stereocenters. The number of carbonyl (C=O) groups is 2. The second-order valence-electron chi connectivity index (χ2n) is 5.94. The first-order valence-electron chi connectivity index (χ1n) is 7.54. The van der Waals surface area contributed by atoms with Gasteiger partial charge in [-0.05, 0) is 37.0 Å². The summed E-state index contributed by atoms with van der Waals surface area (Å²) in [6.45, 7) is 6.13. The molecule has 1 unspecified atom stereocenters. The zero-order valence-corrected chi connectivity index (χ0v) is 12.7. The lowest BCUT2D eigenvalue weighted by atomic mass is 9.66. The standard InChI is InChI=1S/C16H26O4/c1-4-13(12(15(19)20)10-14(17)18)16(3,5-2)11-8-6-7-9-11/h11H,4-10H2,1-3H3,(H,17,18)(H,19,20). The number of carboxylic acids is 2. The van der Waals surface area contributed by atoms with Crippen molar-refractivity contribution >= 4 is 11.9 Å². The van der Waals surface area contributed by atoms with Crippen molar-refractivity contribution in [1.82, 2.24) is 0 Å². The topological polar surface area (TPSA) is 74.6 Å². The maximum Gasteiger partial charge on any atom is 0.332 e. The van der Waals surface area contributed by atoms with Crippen molar-refractivity contribution < 1.29 is 19.8 Å². The van der Waals surface area contributed by atoms with Gasteiger partial charge in [0, 0.05) is 5.57 Å². The third kappa shape index (κ3) is 3.41. The Labute approximate surface area is 120 Å². The van der Waals surface area contributed by atoms with Gasteiger partial charge in [0.1, 0.15) is 0 Å². The van der Waals surface area contributed by atoms with Crippen molar-refractivity contribution in [2.24, 2.45) is 11.3 Å². The first-order valence-corrected chi connectivity index (χ1v) is 7.54. The van der Waals surface area contributed by atoms with Gasteiger partial charge >= 0.3 is 11.9 Å². The fraction of sp³-hybridized carbons (Fsp3) is 0.750. The molecule has 1 saturated carbocycles. The average molecular weight is 282 g/mol. The minimum absolute atomic E-state index is 0.0938. The predicted molar refractivity (Wildman–Crippen MR) is 77.6 cm³/mol. The number of allylic oxidation sites excluding steroid dienone is 1. The van der Waals surface area contributed by atoms with Crippen molar-refractivity contribution in [3.63, 3.8) is 0 Å². The van der Waals surface area contributed by atoms with Crippen LogP contribution in [-0.2, 0) is 9.59 Å². The summed E-state index contributed by atoms with van der Waals surface area (Å²) in [6.07, 6.45) is 5.70. The van der Waals surface area contributed by atoms with E-state index in [1.807, 2.05) is 6.92 Å². The molecule has 20 heavy (non-hydrogen) atoms. The molecule has 114 valence electrons. The van der Waals surface area contributed by atoms with Crippen LogP contribution >= 0.6 is 0 Å². The second-order valence-corrected chi connectivity index (χ2v) is 5.94. The largest absolute Gasteiger partial charge is 0.481 e. The van der Waals surface area contributed by atoms with Gasteiger partial charge in [-0.25, -0.2) is 4.79 Å². The first-order chi connectivity index (χ1) is 9.36. The Morgan fingerprint density at radius 2 is 1.70 bits per heavy atom. The average Bonchev–Trinajstić information content (AvgIpc) is 2.91. The molecule has 1 fully saturated rings. The summed E-state index contributed by atoms with van der Waals surface area (Å²) in [5, 5.41) is 18.4. The maximum absolute atomic E-state index is 11.5. The highest BCUT2D eigenvalue weighted by Gasteiger charge is 2.39. The van der Waals surface area contributed by atoms with Gasteiger partial charge in [-0.2, -0.15) is 0 Å². The molecule has 0 aromatic heterocycles. The molecule has 1 aliphatic carbocycles. The van der Waals surface area contributed by atoms with Crippen LogP contribution in [0.15, 0.2) is 11.1 Å². The summed E-state index contributed by atoms with van der Waals surface area (Å²) in [7, 11) is 0. The van der Waals surface area contributed by atoms with Gasteiger partial charge in [0.25, 0.3) is 0 Å². The summed E-state index contributed by atoms with van der Waals surface area (Å²) in [5.74, 6) is -1.68. The fourth-order valence-electron chi connectivity index (χ4n) is 3.74. The molecular formula is C16H26O4. The van der Waals surface area contributed by atoms with E-state index in [0.29, 0.717) is 12.3 Å². The number of hydrogen-bond donors (Lipinski definition) is 2. The van der Waals surface area contributed by atoms with Crippen LogP contribution in [0.5, 0.6) is 0 Å². The van der Waals surface area contributed by atoms with Crippen LogP contribution in [0.1, 0.15) is 65.7 Å². The molecule has 4 heteroatoms. The SMILES string of the molecule is CCC(=C(CC(=O)O)C(=O)O)C(C)(CC)C1CCCC1. The van der Waals surface area contributed by atoms with Gasteiger partial charge in [0.05, 0.1) is 6.42 Å². The normalized spacial score (nSPS) is 20.4. The van der Waals surface area contributed by atoms with Crippen LogP contribution in [-0.4, -0.2) is 22.2 Å². The van der Waals surface area contributed by atoms with E-state index in [1.54, 1.807) is 0 Å². The molecule has 4 nitrogen and oxygen atoms in total.